The molecule has 1 saturated heterocycles. The Kier molecular flexibility index (Phi) is 6.72. The van der Waals surface area contributed by atoms with Crippen molar-refractivity contribution >= 4 is 17.5 Å². The molecule has 0 bridgehead atoms. The van der Waals surface area contributed by atoms with Gasteiger partial charge < -0.3 is 15.5 Å². The summed E-state index contributed by atoms with van der Waals surface area (Å²) in [5.41, 5.74) is 2.54. The van der Waals surface area contributed by atoms with E-state index in [1.807, 2.05) is 48.5 Å². The molecular formula is C24H28N6O. The summed E-state index contributed by atoms with van der Waals surface area (Å²) in [6.07, 6.45) is 5.84. The summed E-state index contributed by atoms with van der Waals surface area (Å²) in [7, 11) is 0. The maximum atomic E-state index is 12.4. The highest BCUT2D eigenvalue weighted by Crippen LogP contribution is 2.26. The Labute approximate surface area is 183 Å². The van der Waals surface area contributed by atoms with E-state index in [-0.39, 0.29) is 12.1 Å². The number of nitrogens with zero attached hydrogens (tertiary/aromatic N) is 4. The molecule has 3 aromatic rings. The summed E-state index contributed by atoms with van der Waals surface area (Å²) >= 11 is 0. The number of amides is 2. The lowest BCUT2D eigenvalue weighted by molar-refractivity contribution is 0.250. The zero-order valence-electron chi connectivity index (χ0n) is 17.8. The fourth-order valence-corrected chi connectivity index (χ4v) is 3.84. The lowest BCUT2D eigenvalue weighted by Crippen LogP contribution is -2.48. The second kappa shape index (κ2) is 10.0. The lowest BCUT2D eigenvalue weighted by atomic mass is 10.0. The minimum Gasteiger partial charge on any atom is -0.352 e. The highest BCUT2D eigenvalue weighted by molar-refractivity contribution is 5.89. The Morgan fingerprint density at radius 3 is 2.71 bits per heavy atom. The first-order valence-electron chi connectivity index (χ1n) is 10.9. The summed E-state index contributed by atoms with van der Waals surface area (Å²) in [6.45, 7) is 3.56. The monoisotopic (exact) mass is 416 g/mol. The van der Waals surface area contributed by atoms with Crippen LogP contribution in [0.3, 0.4) is 0 Å². The van der Waals surface area contributed by atoms with Gasteiger partial charge in [0.1, 0.15) is 11.5 Å². The van der Waals surface area contributed by atoms with Crippen molar-refractivity contribution in [3.05, 3.63) is 66.5 Å². The fraction of sp³-hybridized carbons (Fsp3) is 0.333. The van der Waals surface area contributed by atoms with Crippen molar-refractivity contribution in [3.63, 3.8) is 0 Å². The van der Waals surface area contributed by atoms with Gasteiger partial charge in [0, 0.05) is 42.8 Å². The molecule has 0 radical (unpaired) electrons. The number of nitrogens with one attached hydrogen (secondary N) is 2. The van der Waals surface area contributed by atoms with Gasteiger partial charge in [0.15, 0.2) is 5.82 Å². The normalized spacial score (nSPS) is 16.0. The summed E-state index contributed by atoms with van der Waals surface area (Å²) in [5.74, 6) is 1.55. The van der Waals surface area contributed by atoms with E-state index < -0.39 is 0 Å². The second-order valence-electron chi connectivity index (χ2n) is 7.65. The Morgan fingerprint density at radius 2 is 1.94 bits per heavy atom. The fourth-order valence-electron chi connectivity index (χ4n) is 3.84. The van der Waals surface area contributed by atoms with Crippen LogP contribution in [-0.4, -0.2) is 40.1 Å². The van der Waals surface area contributed by atoms with Crippen LogP contribution in [0.15, 0.2) is 60.8 Å². The van der Waals surface area contributed by atoms with E-state index in [2.05, 4.69) is 38.5 Å². The van der Waals surface area contributed by atoms with E-state index in [9.17, 15) is 4.79 Å². The third kappa shape index (κ3) is 5.36. The number of carbonyl (C=O) groups excluding carboxylic acids is 1. The zero-order chi connectivity index (χ0) is 21.5. The van der Waals surface area contributed by atoms with Gasteiger partial charge in [0.05, 0.1) is 0 Å². The average molecular weight is 417 g/mol. The molecule has 1 aliphatic heterocycles. The molecule has 2 aromatic heterocycles. The molecule has 3 heterocycles. The van der Waals surface area contributed by atoms with Crippen LogP contribution in [0.2, 0.25) is 0 Å². The highest BCUT2D eigenvalue weighted by atomic mass is 16.2. The molecule has 7 heteroatoms. The first-order valence-corrected chi connectivity index (χ1v) is 10.9. The number of para-hydroxylation sites is 1. The molecule has 31 heavy (non-hydrogen) atoms. The molecule has 1 aliphatic rings. The number of piperidine rings is 1. The van der Waals surface area contributed by atoms with Gasteiger partial charge in [-0.2, -0.15) is 0 Å². The van der Waals surface area contributed by atoms with Gasteiger partial charge in [-0.1, -0.05) is 31.2 Å². The molecule has 160 valence electrons. The summed E-state index contributed by atoms with van der Waals surface area (Å²) in [4.78, 5) is 28.6. The van der Waals surface area contributed by atoms with Crippen molar-refractivity contribution < 1.29 is 4.79 Å². The maximum absolute atomic E-state index is 12.4. The van der Waals surface area contributed by atoms with E-state index in [1.165, 1.54) is 0 Å². The number of carbonyl (C=O) groups is 1. The number of pyridine rings is 1. The molecule has 1 fully saturated rings. The van der Waals surface area contributed by atoms with Gasteiger partial charge in [-0.25, -0.2) is 14.8 Å². The van der Waals surface area contributed by atoms with Gasteiger partial charge >= 0.3 is 6.03 Å². The van der Waals surface area contributed by atoms with Crippen LogP contribution in [-0.2, 0) is 6.42 Å². The number of hydrogen-bond donors (Lipinski definition) is 2. The standard InChI is InChI=1S/C24H28N6O/c1-2-18-16-22(29-23(27-18)21-13-6-8-14-25-21)30-15-9-7-12-20(30)17-26-24(31)28-19-10-4-3-5-11-19/h3-6,8,10-11,13-14,16,20H,2,7,9,12,15,17H2,1H3,(H2,26,28,31). The molecular weight excluding hydrogens is 388 g/mol. The molecule has 2 N–H and O–H groups in total. The summed E-state index contributed by atoms with van der Waals surface area (Å²) in [5, 5.41) is 5.91. The van der Waals surface area contributed by atoms with Crippen molar-refractivity contribution in [3.8, 4) is 11.5 Å². The number of aryl methyl sites for hydroxylation is 1. The quantitative estimate of drug-likeness (QED) is 0.627. The van der Waals surface area contributed by atoms with Gasteiger partial charge in [0.25, 0.3) is 0 Å². The largest absolute Gasteiger partial charge is 0.352 e. The SMILES string of the molecule is CCc1cc(N2CCCCC2CNC(=O)Nc2ccccc2)nc(-c2ccccn2)n1. The van der Waals surface area contributed by atoms with Crippen molar-refractivity contribution in [1.82, 2.24) is 20.3 Å². The number of benzene rings is 1. The highest BCUT2D eigenvalue weighted by Gasteiger charge is 2.25. The van der Waals surface area contributed by atoms with E-state index in [0.717, 1.165) is 55.1 Å². The third-order valence-electron chi connectivity index (χ3n) is 5.47. The summed E-state index contributed by atoms with van der Waals surface area (Å²) < 4.78 is 0. The Bertz CT molecular complexity index is 995. The zero-order valence-corrected chi connectivity index (χ0v) is 17.8. The number of hydrogen-bond acceptors (Lipinski definition) is 5. The van der Waals surface area contributed by atoms with Gasteiger partial charge in [-0.3, -0.25) is 4.98 Å². The van der Waals surface area contributed by atoms with E-state index in [0.29, 0.717) is 12.4 Å². The van der Waals surface area contributed by atoms with Crippen LogP contribution in [0.1, 0.15) is 31.9 Å². The van der Waals surface area contributed by atoms with Crippen molar-refractivity contribution in [2.45, 2.75) is 38.6 Å². The van der Waals surface area contributed by atoms with Crippen LogP contribution in [0.25, 0.3) is 11.5 Å². The predicted octanol–water partition coefficient (Wildman–Crippen LogP) is 4.28. The van der Waals surface area contributed by atoms with Crippen molar-refractivity contribution in [2.24, 2.45) is 0 Å². The van der Waals surface area contributed by atoms with Crippen LogP contribution in [0, 0.1) is 0 Å². The van der Waals surface area contributed by atoms with E-state index in [1.54, 1.807) is 6.20 Å². The minimum atomic E-state index is -0.192. The molecule has 7 nitrogen and oxygen atoms in total. The van der Waals surface area contributed by atoms with Gasteiger partial charge in [-0.05, 0) is 49.9 Å². The van der Waals surface area contributed by atoms with E-state index >= 15 is 0 Å². The Balaban J connectivity index is 1.50. The molecule has 1 atom stereocenters. The van der Waals surface area contributed by atoms with Crippen molar-refractivity contribution in [1.29, 1.82) is 0 Å². The Morgan fingerprint density at radius 1 is 1.10 bits per heavy atom. The van der Waals surface area contributed by atoms with Crippen LogP contribution >= 0.6 is 0 Å². The topological polar surface area (TPSA) is 83.0 Å². The lowest BCUT2D eigenvalue weighted by Gasteiger charge is -2.37. The minimum absolute atomic E-state index is 0.187. The number of aromatic nitrogens is 3. The van der Waals surface area contributed by atoms with Crippen LogP contribution < -0.4 is 15.5 Å². The smallest absolute Gasteiger partial charge is 0.319 e. The van der Waals surface area contributed by atoms with Crippen molar-refractivity contribution in [2.75, 3.05) is 23.3 Å². The first kappa shape index (κ1) is 20.8. The predicted molar refractivity (Wildman–Crippen MR) is 123 cm³/mol. The number of urea groups is 1. The van der Waals surface area contributed by atoms with Crippen LogP contribution in [0.5, 0.6) is 0 Å². The second-order valence-corrected chi connectivity index (χ2v) is 7.65. The molecule has 1 aromatic carbocycles. The molecule has 2 amide bonds. The van der Waals surface area contributed by atoms with Crippen LogP contribution in [0.4, 0.5) is 16.3 Å². The van der Waals surface area contributed by atoms with E-state index in [4.69, 9.17) is 4.98 Å². The molecule has 4 rings (SSSR count). The van der Waals surface area contributed by atoms with Gasteiger partial charge in [0.2, 0.25) is 0 Å². The summed E-state index contributed by atoms with van der Waals surface area (Å²) in [6, 6.07) is 17.3. The number of anilines is 2. The first-order chi connectivity index (χ1) is 15.2. The third-order valence-corrected chi connectivity index (χ3v) is 5.47. The molecule has 0 saturated carbocycles. The number of rotatable bonds is 6. The van der Waals surface area contributed by atoms with Gasteiger partial charge in [-0.15, -0.1) is 0 Å². The molecule has 0 aliphatic carbocycles. The molecule has 1 unspecified atom stereocenters. The average Bonchev–Trinajstić information content (AvgIpc) is 2.84. The molecule has 0 spiro atoms. The Hall–Kier alpha value is -3.48. The maximum Gasteiger partial charge on any atom is 0.319 e.